The topological polar surface area (TPSA) is 58.0 Å². The molecule has 1 aliphatic rings. The van der Waals surface area contributed by atoms with Crippen LogP contribution in [0.15, 0.2) is 65.2 Å². The van der Waals surface area contributed by atoms with E-state index in [9.17, 15) is 18.0 Å². The lowest BCUT2D eigenvalue weighted by atomic mass is 9.79. The Morgan fingerprint density at radius 3 is 2.53 bits per heavy atom. The van der Waals surface area contributed by atoms with Crippen LogP contribution in [0.1, 0.15) is 24.0 Å². The van der Waals surface area contributed by atoms with Crippen molar-refractivity contribution < 1.29 is 22.4 Å². The molecule has 0 spiro atoms. The number of H-pyrrole nitrogens is 1. The zero-order valence-corrected chi connectivity index (χ0v) is 15.9. The second kappa shape index (κ2) is 6.26. The molecule has 0 aliphatic carbocycles. The molecule has 0 bridgehead atoms. The van der Waals surface area contributed by atoms with Gasteiger partial charge >= 0.3 is 6.18 Å². The first kappa shape index (κ1) is 18.5. The van der Waals surface area contributed by atoms with Crippen molar-refractivity contribution in [1.29, 1.82) is 0 Å². The molecule has 1 aliphatic heterocycles. The van der Waals surface area contributed by atoms with Crippen LogP contribution in [0.25, 0.3) is 22.0 Å². The number of amides is 1. The second-order valence-corrected chi connectivity index (χ2v) is 7.77. The molecule has 5 rings (SSSR count). The van der Waals surface area contributed by atoms with Gasteiger partial charge < -0.3 is 14.7 Å². The summed E-state index contributed by atoms with van der Waals surface area (Å²) in [5.41, 5.74) is 3.31. The van der Waals surface area contributed by atoms with Crippen LogP contribution in [0.2, 0.25) is 0 Å². The molecule has 7 heteroatoms. The Kier molecular flexibility index (Phi) is 3.87. The lowest BCUT2D eigenvalue weighted by Gasteiger charge is -2.21. The molecule has 0 radical (unpaired) electrons. The van der Waals surface area contributed by atoms with Crippen LogP contribution in [0.3, 0.4) is 0 Å². The zero-order valence-electron chi connectivity index (χ0n) is 15.9. The van der Waals surface area contributed by atoms with E-state index in [1.54, 1.807) is 6.92 Å². The van der Waals surface area contributed by atoms with Crippen molar-refractivity contribution in [2.45, 2.75) is 24.9 Å². The maximum atomic E-state index is 12.9. The molecule has 4 aromatic rings. The summed E-state index contributed by atoms with van der Waals surface area (Å²) in [5, 5.41) is 3.91. The number of hydrogen-bond acceptors (Lipinski definition) is 2. The van der Waals surface area contributed by atoms with Gasteiger partial charge in [0.25, 0.3) is 0 Å². The number of carbonyl (C=O) groups is 1. The van der Waals surface area contributed by atoms with Crippen molar-refractivity contribution in [2.24, 2.45) is 0 Å². The summed E-state index contributed by atoms with van der Waals surface area (Å²) < 4.78 is 43.6. The van der Waals surface area contributed by atoms with Gasteiger partial charge in [-0.15, -0.1) is 0 Å². The lowest BCUT2D eigenvalue weighted by Crippen LogP contribution is -2.33. The zero-order chi connectivity index (χ0) is 21.1. The minimum atomic E-state index is -4.56. The summed E-state index contributed by atoms with van der Waals surface area (Å²) in [6.07, 6.45) is -2.66. The fourth-order valence-corrected chi connectivity index (χ4v) is 4.05. The van der Waals surface area contributed by atoms with E-state index in [4.69, 9.17) is 4.42 Å². The quantitative estimate of drug-likeness (QED) is 0.442. The van der Waals surface area contributed by atoms with Crippen molar-refractivity contribution in [3.63, 3.8) is 0 Å². The van der Waals surface area contributed by atoms with Gasteiger partial charge in [-0.25, -0.2) is 0 Å². The van der Waals surface area contributed by atoms with Crippen LogP contribution in [-0.4, -0.2) is 10.9 Å². The molecule has 2 aromatic heterocycles. The number of aromatic amines is 1. The highest BCUT2D eigenvalue weighted by Gasteiger charge is 2.44. The predicted octanol–water partition coefficient (Wildman–Crippen LogP) is 5.90. The van der Waals surface area contributed by atoms with Crippen LogP contribution < -0.4 is 5.32 Å². The van der Waals surface area contributed by atoms with Crippen LogP contribution >= 0.6 is 0 Å². The number of aromatic nitrogens is 1. The fourth-order valence-electron chi connectivity index (χ4n) is 4.05. The third-order valence-corrected chi connectivity index (χ3v) is 5.72. The Balaban J connectivity index is 1.53. The smallest absolute Gasteiger partial charge is 0.449 e. The Morgan fingerprint density at radius 2 is 1.77 bits per heavy atom. The highest BCUT2D eigenvalue weighted by molar-refractivity contribution is 6.06. The normalized spacial score (nSPS) is 18.6. The van der Waals surface area contributed by atoms with Gasteiger partial charge in [0.2, 0.25) is 11.7 Å². The van der Waals surface area contributed by atoms with E-state index in [2.05, 4.69) is 16.4 Å². The summed E-state index contributed by atoms with van der Waals surface area (Å²) in [7, 11) is 0. The summed E-state index contributed by atoms with van der Waals surface area (Å²) in [6, 6.07) is 15.9. The molecule has 0 saturated heterocycles. The van der Waals surface area contributed by atoms with E-state index in [1.807, 2.05) is 42.6 Å². The van der Waals surface area contributed by atoms with Crippen LogP contribution in [-0.2, 0) is 22.8 Å². The first-order chi connectivity index (χ1) is 14.2. The van der Waals surface area contributed by atoms with Gasteiger partial charge in [-0.2, -0.15) is 13.2 Å². The fraction of sp³-hybridized carbons (Fsp3) is 0.174. The number of halogens is 3. The van der Waals surface area contributed by atoms with Gasteiger partial charge in [0.1, 0.15) is 5.76 Å². The van der Waals surface area contributed by atoms with E-state index < -0.39 is 17.4 Å². The van der Waals surface area contributed by atoms with E-state index in [1.165, 1.54) is 6.07 Å². The number of nitrogens with one attached hydrogen (secondary N) is 2. The van der Waals surface area contributed by atoms with Crippen molar-refractivity contribution in [2.75, 3.05) is 5.32 Å². The number of rotatable bonds is 3. The number of alkyl halides is 3. The molecule has 4 nitrogen and oxygen atoms in total. The first-order valence-electron chi connectivity index (χ1n) is 9.43. The third-order valence-electron chi connectivity index (χ3n) is 5.72. The number of carbonyl (C=O) groups excluding carboxylic acids is 1. The van der Waals surface area contributed by atoms with Gasteiger partial charge in [0.15, 0.2) is 0 Å². The average molecular weight is 410 g/mol. The van der Waals surface area contributed by atoms with Crippen LogP contribution in [0.4, 0.5) is 18.9 Å². The lowest BCUT2D eigenvalue weighted by molar-refractivity contribution is -0.153. The minimum Gasteiger partial charge on any atom is -0.456 e. The van der Waals surface area contributed by atoms with Gasteiger partial charge in [-0.1, -0.05) is 12.1 Å². The molecular formula is C23H17F3N2O2. The first-order valence-corrected chi connectivity index (χ1v) is 9.43. The van der Waals surface area contributed by atoms with E-state index in [0.29, 0.717) is 5.69 Å². The molecule has 1 unspecified atom stereocenters. The number of furan rings is 1. The molecule has 2 N–H and O–H groups in total. The van der Waals surface area contributed by atoms with Gasteiger partial charge in [-0.3, -0.25) is 4.79 Å². The molecular weight excluding hydrogens is 393 g/mol. The van der Waals surface area contributed by atoms with Crippen molar-refractivity contribution in [3.8, 4) is 11.1 Å². The molecule has 3 heterocycles. The Morgan fingerprint density at radius 1 is 1.00 bits per heavy atom. The van der Waals surface area contributed by atoms with Crippen molar-refractivity contribution >= 4 is 22.5 Å². The monoisotopic (exact) mass is 410 g/mol. The van der Waals surface area contributed by atoms with E-state index >= 15 is 0 Å². The van der Waals surface area contributed by atoms with E-state index in [-0.39, 0.29) is 18.1 Å². The summed E-state index contributed by atoms with van der Waals surface area (Å²) >= 11 is 0. The Hall–Kier alpha value is -3.48. The number of hydrogen-bond donors (Lipinski definition) is 2. The molecule has 152 valence electrons. The molecule has 30 heavy (non-hydrogen) atoms. The highest BCUT2D eigenvalue weighted by Crippen LogP contribution is 2.43. The molecule has 1 amide bonds. The molecule has 0 fully saturated rings. The molecule has 2 aromatic carbocycles. The summed E-state index contributed by atoms with van der Waals surface area (Å²) in [5.74, 6) is -1.21. The summed E-state index contributed by atoms with van der Waals surface area (Å²) in [4.78, 5) is 15.9. The maximum absolute atomic E-state index is 12.9. The SMILES string of the molecule is CC1(Cc2ccc(C(F)(F)F)o2)C(=O)Nc2ccc(-c3ccc4[nH]ccc4c3)cc21. The maximum Gasteiger partial charge on any atom is 0.449 e. The number of anilines is 1. The van der Waals surface area contributed by atoms with Gasteiger partial charge in [0.05, 0.1) is 5.41 Å². The largest absolute Gasteiger partial charge is 0.456 e. The molecule has 0 saturated carbocycles. The minimum absolute atomic E-state index is 0.0300. The highest BCUT2D eigenvalue weighted by atomic mass is 19.4. The van der Waals surface area contributed by atoms with Crippen LogP contribution in [0, 0.1) is 0 Å². The Bertz CT molecular complexity index is 1290. The number of fused-ring (bicyclic) bond motifs is 2. The molecule has 1 atom stereocenters. The third kappa shape index (κ3) is 2.89. The summed E-state index contributed by atoms with van der Waals surface area (Å²) in [6.45, 7) is 1.73. The van der Waals surface area contributed by atoms with Crippen LogP contribution in [0.5, 0.6) is 0 Å². The predicted molar refractivity (Wildman–Crippen MR) is 107 cm³/mol. The Labute approximate surface area is 169 Å². The van der Waals surface area contributed by atoms with Crippen molar-refractivity contribution in [1.82, 2.24) is 4.98 Å². The van der Waals surface area contributed by atoms with Crippen molar-refractivity contribution in [3.05, 3.63) is 77.9 Å². The standard InChI is InChI=1S/C23H17F3N2O2/c1-22(12-16-4-7-20(30-16)23(24,25)26)17-11-14(3-6-19(17)28-21(22)29)13-2-5-18-15(10-13)8-9-27-18/h2-11,27H,12H2,1H3,(H,28,29). The van der Waals surface area contributed by atoms with Gasteiger partial charge in [0, 0.05) is 23.8 Å². The average Bonchev–Trinajstić information content (AvgIpc) is 3.40. The number of benzene rings is 2. The second-order valence-electron chi connectivity index (χ2n) is 7.77. The van der Waals surface area contributed by atoms with E-state index in [0.717, 1.165) is 33.7 Å². The van der Waals surface area contributed by atoms with Gasteiger partial charge in [-0.05, 0) is 71.5 Å².